The SMILES string of the molecule is Cc1ccc(CC2(O)CCN(C(C)C)CC2)cc1. The number of rotatable bonds is 3. The number of benzene rings is 1. The number of aliphatic hydroxyl groups is 1. The summed E-state index contributed by atoms with van der Waals surface area (Å²) in [6.07, 6.45) is 2.57. The molecule has 1 saturated heterocycles. The molecule has 0 bridgehead atoms. The van der Waals surface area contributed by atoms with Gasteiger partial charge in [-0.3, -0.25) is 0 Å². The van der Waals surface area contributed by atoms with Crippen LogP contribution >= 0.6 is 0 Å². The minimum Gasteiger partial charge on any atom is -0.389 e. The molecule has 1 aliphatic rings. The maximum absolute atomic E-state index is 10.7. The average molecular weight is 247 g/mol. The topological polar surface area (TPSA) is 23.5 Å². The quantitative estimate of drug-likeness (QED) is 0.888. The summed E-state index contributed by atoms with van der Waals surface area (Å²) in [7, 11) is 0. The minimum absolute atomic E-state index is 0.499. The van der Waals surface area contributed by atoms with Crippen molar-refractivity contribution in [3.05, 3.63) is 35.4 Å². The summed E-state index contributed by atoms with van der Waals surface area (Å²) < 4.78 is 0. The largest absolute Gasteiger partial charge is 0.389 e. The standard InChI is InChI=1S/C16H25NO/c1-13(2)17-10-8-16(18,9-11-17)12-15-6-4-14(3)5-7-15/h4-7,13,18H,8-12H2,1-3H3. The van der Waals surface area contributed by atoms with Gasteiger partial charge in [0.25, 0.3) is 0 Å². The van der Waals surface area contributed by atoms with Crippen LogP contribution in [-0.2, 0) is 6.42 Å². The lowest BCUT2D eigenvalue weighted by Crippen LogP contribution is -2.47. The fourth-order valence-electron chi connectivity index (χ4n) is 2.72. The zero-order valence-electron chi connectivity index (χ0n) is 11.8. The molecule has 0 aliphatic carbocycles. The van der Waals surface area contributed by atoms with Gasteiger partial charge in [0, 0.05) is 25.6 Å². The van der Waals surface area contributed by atoms with E-state index < -0.39 is 5.60 Å². The van der Waals surface area contributed by atoms with Gasteiger partial charge in [0.1, 0.15) is 0 Å². The van der Waals surface area contributed by atoms with Crippen LogP contribution in [0.3, 0.4) is 0 Å². The van der Waals surface area contributed by atoms with Crippen LogP contribution in [0.4, 0.5) is 0 Å². The zero-order valence-corrected chi connectivity index (χ0v) is 11.8. The van der Waals surface area contributed by atoms with Crippen molar-refractivity contribution in [3.63, 3.8) is 0 Å². The van der Waals surface area contributed by atoms with Crippen molar-refractivity contribution in [1.29, 1.82) is 0 Å². The average Bonchev–Trinajstić information content (AvgIpc) is 2.32. The number of hydrogen-bond donors (Lipinski definition) is 1. The highest BCUT2D eigenvalue weighted by molar-refractivity contribution is 5.23. The van der Waals surface area contributed by atoms with Crippen LogP contribution in [0.15, 0.2) is 24.3 Å². The molecule has 1 N–H and O–H groups in total. The summed E-state index contributed by atoms with van der Waals surface area (Å²) in [5, 5.41) is 10.7. The van der Waals surface area contributed by atoms with Crippen molar-refractivity contribution in [3.8, 4) is 0 Å². The molecule has 1 aromatic rings. The Labute approximate surface area is 111 Å². The van der Waals surface area contributed by atoms with Gasteiger partial charge >= 0.3 is 0 Å². The zero-order chi connectivity index (χ0) is 13.2. The Kier molecular flexibility index (Phi) is 4.08. The van der Waals surface area contributed by atoms with Gasteiger partial charge in [0.2, 0.25) is 0 Å². The van der Waals surface area contributed by atoms with Gasteiger partial charge in [-0.05, 0) is 39.2 Å². The molecule has 0 aromatic heterocycles. The van der Waals surface area contributed by atoms with Crippen LogP contribution in [0.25, 0.3) is 0 Å². The molecule has 1 aromatic carbocycles. The fourth-order valence-corrected chi connectivity index (χ4v) is 2.72. The van der Waals surface area contributed by atoms with Crippen LogP contribution in [0.2, 0.25) is 0 Å². The molecule has 2 nitrogen and oxygen atoms in total. The molecule has 1 fully saturated rings. The van der Waals surface area contributed by atoms with Crippen LogP contribution in [0.1, 0.15) is 37.8 Å². The molecule has 0 atom stereocenters. The summed E-state index contributed by atoms with van der Waals surface area (Å²) in [5.74, 6) is 0. The van der Waals surface area contributed by atoms with Crippen molar-refractivity contribution in [2.75, 3.05) is 13.1 Å². The van der Waals surface area contributed by atoms with Crippen molar-refractivity contribution in [1.82, 2.24) is 4.90 Å². The lowest BCUT2D eigenvalue weighted by Gasteiger charge is -2.40. The third-order valence-corrected chi connectivity index (χ3v) is 4.11. The number of likely N-dealkylation sites (tertiary alicyclic amines) is 1. The van der Waals surface area contributed by atoms with Gasteiger partial charge in [0.05, 0.1) is 5.60 Å². The summed E-state index contributed by atoms with van der Waals surface area (Å²) in [6.45, 7) is 8.58. The van der Waals surface area contributed by atoms with Crippen molar-refractivity contribution in [2.45, 2.75) is 51.7 Å². The van der Waals surface area contributed by atoms with Gasteiger partial charge in [-0.25, -0.2) is 0 Å². The smallest absolute Gasteiger partial charge is 0.0712 e. The molecule has 2 rings (SSSR count). The minimum atomic E-state index is -0.499. The number of nitrogens with zero attached hydrogens (tertiary/aromatic N) is 1. The van der Waals surface area contributed by atoms with Crippen molar-refractivity contribution < 1.29 is 5.11 Å². The molecule has 0 amide bonds. The van der Waals surface area contributed by atoms with E-state index in [4.69, 9.17) is 0 Å². The first-order valence-corrected chi connectivity index (χ1v) is 7.00. The van der Waals surface area contributed by atoms with Crippen LogP contribution in [0, 0.1) is 6.92 Å². The number of piperidine rings is 1. The highest BCUT2D eigenvalue weighted by Crippen LogP contribution is 2.27. The molecule has 0 radical (unpaired) electrons. The van der Waals surface area contributed by atoms with Crippen molar-refractivity contribution >= 4 is 0 Å². The fraction of sp³-hybridized carbons (Fsp3) is 0.625. The van der Waals surface area contributed by atoms with E-state index in [-0.39, 0.29) is 0 Å². The molecule has 0 spiro atoms. The second-order valence-electron chi connectivity index (χ2n) is 6.02. The predicted octanol–water partition coefficient (Wildman–Crippen LogP) is 2.77. The molecule has 0 unspecified atom stereocenters. The summed E-state index contributed by atoms with van der Waals surface area (Å²) in [6, 6.07) is 9.13. The Hall–Kier alpha value is -0.860. The summed E-state index contributed by atoms with van der Waals surface area (Å²) in [5.41, 5.74) is 2.03. The Morgan fingerprint density at radius 3 is 2.22 bits per heavy atom. The number of aryl methyl sites for hydroxylation is 1. The first-order valence-electron chi connectivity index (χ1n) is 7.00. The van der Waals surface area contributed by atoms with E-state index >= 15 is 0 Å². The van der Waals surface area contributed by atoms with E-state index in [9.17, 15) is 5.11 Å². The Morgan fingerprint density at radius 2 is 1.72 bits per heavy atom. The van der Waals surface area contributed by atoms with E-state index in [0.717, 1.165) is 32.4 Å². The monoisotopic (exact) mass is 247 g/mol. The normalized spacial score (nSPS) is 20.3. The van der Waals surface area contributed by atoms with E-state index in [2.05, 4.69) is 49.9 Å². The van der Waals surface area contributed by atoms with Gasteiger partial charge in [-0.1, -0.05) is 29.8 Å². The molecule has 1 aliphatic heterocycles. The Balaban J connectivity index is 1.95. The first kappa shape index (κ1) is 13.6. The third-order valence-electron chi connectivity index (χ3n) is 4.11. The molecule has 0 saturated carbocycles. The second-order valence-corrected chi connectivity index (χ2v) is 6.02. The molecule has 2 heteroatoms. The van der Waals surface area contributed by atoms with E-state index in [1.807, 2.05) is 0 Å². The molecular formula is C16H25NO. The molecule has 1 heterocycles. The van der Waals surface area contributed by atoms with Crippen LogP contribution in [0.5, 0.6) is 0 Å². The molecule has 100 valence electrons. The predicted molar refractivity (Wildman–Crippen MR) is 75.8 cm³/mol. The van der Waals surface area contributed by atoms with E-state index in [1.165, 1.54) is 11.1 Å². The maximum Gasteiger partial charge on any atom is 0.0712 e. The number of hydrogen-bond acceptors (Lipinski definition) is 2. The van der Waals surface area contributed by atoms with Crippen LogP contribution < -0.4 is 0 Å². The van der Waals surface area contributed by atoms with Gasteiger partial charge in [-0.2, -0.15) is 0 Å². The summed E-state index contributed by atoms with van der Waals surface area (Å²) >= 11 is 0. The van der Waals surface area contributed by atoms with Crippen LogP contribution in [-0.4, -0.2) is 34.7 Å². The van der Waals surface area contributed by atoms with Gasteiger partial charge in [-0.15, -0.1) is 0 Å². The Morgan fingerprint density at radius 1 is 1.17 bits per heavy atom. The van der Waals surface area contributed by atoms with E-state index in [0.29, 0.717) is 6.04 Å². The lowest BCUT2D eigenvalue weighted by molar-refractivity contribution is -0.0271. The van der Waals surface area contributed by atoms with E-state index in [1.54, 1.807) is 0 Å². The van der Waals surface area contributed by atoms with Crippen molar-refractivity contribution in [2.24, 2.45) is 0 Å². The summed E-state index contributed by atoms with van der Waals surface area (Å²) in [4.78, 5) is 2.45. The second kappa shape index (κ2) is 5.41. The lowest BCUT2D eigenvalue weighted by atomic mass is 9.85. The molecule has 18 heavy (non-hydrogen) atoms. The highest BCUT2D eigenvalue weighted by atomic mass is 16.3. The van der Waals surface area contributed by atoms with Gasteiger partial charge in [0.15, 0.2) is 0 Å². The first-order chi connectivity index (χ1) is 8.48. The Bertz CT molecular complexity index is 375. The highest BCUT2D eigenvalue weighted by Gasteiger charge is 2.32. The third kappa shape index (κ3) is 3.33. The molecular weight excluding hydrogens is 222 g/mol. The maximum atomic E-state index is 10.7. The van der Waals surface area contributed by atoms with Gasteiger partial charge < -0.3 is 10.0 Å².